The molecule has 4 rings (SSSR count). The van der Waals surface area contributed by atoms with Gasteiger partial charge in [0.05, 0.1) is 17.7 Å². The van der Waals surface area contributed by atoms with Gasteiger partial charge in [0.1, 0.15) is 11.5 Å². The standard InChI is InChI=1S/C24H19N5O4/c30-24(23-13-14-28(27-23)17-18-9-11-20(12-10-18)29(31)32)26-25-16-19-5-4-8-22(15-19)33-21-6-2-1-3-7-21/h1-16H,17H2,(H,26,30)/b25-16+. The molecule has 0 aliphatic rings. The van der Waals surface area contributed by atoms with Crippen LogP contribution in [0.15, 0.2) is 96.2 Å². The molecule has 9 nitrogen and oxygen atoms in total. The molecule has 0 bridgehead atoms. The van der Waals surface area contributed by atoms with E-state index in [1.54, 1.807) is 29.1 Å². The van der Waals surface area contributed by atoms with E-state index in [1.807, 2.05) is 54.6 Å². The molecule has 3 aromatic carbocycles. The van der Waals surface area contributed by atoms with Crippen molar-refractivity contribution >= 4 is 17.8 Å². The van der Waals surface area contributed by atoms with Crippen molar-refractivity contribution in [3.05, 3.63) is 118 Å². The van der Waals surface area contributed by atoms with Crippen molar-refractivity contribution in [2.75, 3.05) is 0 Å². The molecule has 0 unspecified atom stereocenters. The van der Waals surface area contributed by atoms with Crippen LogP contribution < -0.4 is 10.2 Å². The Hall–Kier alpha value is -4.79. The highest BCUT2D eigenvalue weighted by Crippen LogP contribution is 2.21. The van der Waals surface area contributed by atoms with Crippen molar-refractivity contribution in [3.63, 3.8) is 0 Å². The van der Waals surface area contributed by atoms with Crippen LogP contribution in [0.4, 0.5) is 5.69 Å². The number of nitrogens with one attached hydrogen (secondary N) is 1. The topological polar surface area (TPSA) is 112 Å². The lowest BCUT2D eigenvalue weighted by atomic mass is 10.2. The summed E-state index contributed by atoms with van der Waals surface area (Å²) in [4.78, 5) is 22.6. The molecule has 0 aliphatic heterocycles. The van der Waals surface area contributed by atoms with Gasteiger partial charge in [0.25, 0.3) is 11.6 Å². The first-order chi connectivity index (χ1) is 16.1. The summed E-state index contributed by atoms with van der Waals surface area (Å²) < 4.78 is 7.36. The summed E-state index contributed by atoms with van der Waals surface area (Å²) in [6.45, 7) is 0.378. The van der Waals surface area contributed by atoms with Crippen LogP contribution in [0.5, 0.6) is 11.5 Å². The van der Waals surface area contributed by atoms with Crippen LogP contribution in [-0.2, 0) is 6.54 Å². The molecule has 9 heteroatoms. The van der Waals surface area contributed by atoms with Crippen LogP contribution in [0.1, 0.15) is 21.6 Å². The van der Waals surface area contributed by atoms with Gasteiger partial charge < -0.3 is 4.74 Å². The fraction of sp³-hybridized carbons (Fsp3) is 0.0417. The van der Waals surface area contributed by atoms with E-state index in [4.69, 9.17) is 4.74 Å². The number of nitro groups is 1. The third-order valence-corrected chi connectivity index (χ3v) is 4.58. The lowest BCUT2D eigenvalue weighted by Crippen LogP contribution is -2.18. The van der Waals surface area contributed by atoms with Gasteiger partial charge in [-0.2, -0.15) is 10.2 Å². The van der Waals surface area contributed by atoms with Gasteiger partial charge in [0.15, 0.2) is 5.69 Å². The second kappa shape index (κ2) is 10.0. The number of nitro benzene ring substituents is 1. The third kappa shape index (κ3) is 5.88. The molecule has 0 saturated heterocycles. The van der Waals surface area contributed by atoms with E-state index in [0.29, 0.717) is 12.3 Å². The van der Waals surface area contributed by atoms with Crippen molar-refractivity contribution in [1.29, 1.82) is 0 Å². The summed E-state index contributed by atoms with van der Waals surface area (Å²) >= 11 is 0. The van der Waals surface area contributed by atoms with Gasteiger partial charge in [-0.05, 0) is 41.5 Å². The van der Waals surface area contributed by atoms with Gasteiger partial charge in [-0.3, -0.25) is 19.6 Å². The zero-order valence-electron chi connectivity index (χ0n) is 17.4. The van der Waals surface area contributed by atoms with Crippen LogP contribution in [-0.4, -0.2) is 26.8 Å². The van der Waals surface area contributed by atoms with Crippen molar-refractivity contribution in [3.8, 4) is 11.5 Å². The number of nitrogens with zero attached hydrogens (tertiary/aromatic N) is 4. The predicted octanol–water partition coefficient (Wildman–Crippen LogP) is 4.40. The molecule has 1 N–H and O–H groups in total. The molecule has 33 heavy (non-hydrogen) atoms. The maximum absolute atomic E-state index is 12.3. The number of hydrazone groups is 1. The fourth-order valence-corrected chi connectivity index (χ4v) is 2.99. The Labute approximate surface area is 189 Å². The largest absolute Gasteiger partial charge is 0.457 e. The van der Waals surface area contributed by atoms with Crippen molar-refractivity contribution in [2.45, 2.75) is 6.54 Å². The van der Waals surface area contributed by atoms with E-state index in [0.717, 1.165) is 16.9 Å². The number of hydrogen-bond acceptors (Lipinski definition) is 6. The molecule has 0 aliphatic carbocycles. The summed E-state index contributed by atoms with van der Waals surface area (Å²) in [7, 11) is 0. The predicted molar refractivity (Wildman–Crippen MR) is 122 cm³/mol. The van der Waals surface area contributed by atoms with E-state index in [1.165, 1.54) is 18.3 Å². The van der Waals surface area contributed by atoms with Crippen molar-refractivity contribution in [2.24, 2.45) is 5.10 Å². The summed E-state index contributed by atoms with van der Waals surface area (Å²) in [5.41, 5.74) is 4.26. The summed E-state index contributed by atoms with van der Waals surface area (Å²) in [5, 5.41) is 19.0. The van der Waals surface area contributed by atoms with Crippen molar-refractivity contribution in [1.82, 2.24) is 15.2 Å². The smallest absolute Gasteiger partial charge is 0.291 e. The molecule has 0 radical (unpaired) electrons. The number of aromatic nitrogens is 2. The van der Waals surface area contributed by atoms with Gasteiger partial charge in [-0.25, -0.2) is 5.43 Å². The maximum Gasteiger partial charge on any atom is 0.291 e. The number of carbonyl (C=O) groups excluding carboxylic acids is 1. The number of rotatable bonds is 8. The minimum Gasteiger partial charge on any atom is -0.457 e. The SMILES string of the molecule is O=C(N/N=C/c1cccc(Oc2ccccc2)c1)c1ccn(Cc2ccc([N+](=O)[O-])cc2)n1. The second-order valence-electron chi connectivity index (χ2n) is 7.01. The molecule has 1 amide bonds. The number of ether oxygens (including phenoxy) is 1. The van der Waals surface area contributed by atoms with Gasteiger partial charge in [0, 0.05) is 18.3 Å². The number of non-ortho nitro benzene ring substituents is 1. The highest BCUT2D eigenvalue weighted by molar-refractivity contribution is 5.93. The molecule has 0 atom stereocenters. The normalized spacial score (nSPS) is 10.8. The summed E-state index contributed by atoms with van der Waals surface area (Å²) in [5.74, 6) is 0.927. The fourth-order valence-electron chi connectivity index (χ4n) is 2.99. The minimum absolute atomic E-state index is 0.0225. The molecule has 0 fully saturated rings. The second-order valence-corrected chi connectivity index (χ2v) is 7.01. The molecule has 164 valence electrons. The number of para-hydroxylation sites is 1. The number of hydrogen-bond donors (Lipinski definition) is 1. The Bertz CT molecular complexity index is 1280. The van der Waals surface area contributed by atoms with Gasteiger partial charge in [-0.1, -0.05) is 42.5 Å². The van der Waals surface area contributed by atoms with Crippen LogP contribution in [0.25, 0.3) is 0 Å². The first-order valence-corrected chi connectivity index (χ1v) is 10.00. The Morgan fingerprint density at radius 1 is 1.03 bits per heavy atom. The maximum atomic E-state index is 12.3. The van der Waals surface area contributed by atoms with Crippen molar-refractivity contribution < 1.29 is 14.5 Å². The Morgan fingerprint density at radius 3 is 2.55 bits per heavy atom. The van der Waals surface area contributed by atoms with E-state index < -0.39 is 10.8 Å². The average molecular weight is 441 g/mol. The summed E-state index contributed by atoms with van der Waals surface area (Å²) in [6, 6.07) is 24.5. The van der Waals surface area contributed by atoms with Crippen LogP contribution in [0.3, 0.4) is 0 Å². The molecular weight excluding hydrogens is 422 g/mol. The molecule has 4 aromatic rings. The lowest BCUT2D eigenvalue weighted by molar-refractivity contribution is -0.384. The monoisotopic (exact) mass is 441 g/mol. The first-order valence-electron chi connectivity index (χ1n) is 10.00. The molecular formula is C24H19N5O4. The average Bonchev–Trinajstić information content (AvgIpc) is 3.29. The Balaban J connectivity index is 1.33. The number of benzene rings is 3. The van der Waals surface area contributed by atoms with Gasteiger partial charge in [0.2, 0.25) is 0 Å². The van der Waals surface area contributed by atoms with Crippen LogP contribution in [0.2, 0.25) is 0 Å². The number of amides is 1. The Morgan fingerprint density at radius 2 is 1.79 bits per heavy atom. The highest BCUT2D eigenvalue weighted by Gasteiger charge is 2.10. The number of carbonyl (C=O) groups is 1. The minimum atomic E-state index is -0.453. The quantitative estimate of drug-likeness (QED) is 0.248. The van der Waals surface area contributed by atoms with Crippen LogP contribution >= 0.6 is 0 Å². The Kier molecular flexibility index (Phi) is 6.51. The molecule has 1 aromatic heterocycles. The van der Waals surface area contributed by atoms with E-state index in [9.17, 15) is 14.9 Å². The third-order valence-electron chi connectivity index (χ3n) is 4.58. The zero-order valence-corrected chi connectivity index (χ0v) is 17.4. The van der Waals surface area contributed by atoms with E-state index in [2.05, 4.69) is 15.6 Å². The van der Waals surface area contributed by atoms with Crippen LogP contribution in [0, 0.1) is 10.1 Å². The first kappa shape index (κ1) is 21.4. The molecule has 1 heterocycles. The zero-order chi connectivity index (χ0) is 23.0. The van der Waals surface area contributed by atoms with Gasteiger partial charge >= 0.3 is 0 Å². The van der Waals surface area contributed by atoms with E-state index >= 15 is 0 Å². The van der Waals surface area contributed by atoms with E-state index in [-0.39, 0.29) is 11.4 Å². The molecule has 0 spiro atoms. The van der Waals surface area contributed by atoms with Gasteiger partial charge in [-0.15, -0.1) is 0 Å². The lowest BCUT2D eigenvalue weighted by Gasteiger charge is -2.05. The highest BCUT2D eigenvalue weighted by atomic mass is 16.6. The molecule has 0 saturated carbocycles. The summed E-state index contributed by atoms with van der Waals surface area (Å²) in [6.07, 6.45) is 3.17.